The monoisotopic (exact) mass is 313 g/mol. The van der Waals surface area contributed by atoms with E-state index in [1.54, 1.807) is 0 Å². The normalized spacial score (nSPS) is 15.4. The van der Waals surface area contributed by atoms with Crippen LogP contribution in [0, 0.1) is 5.41 Å². The van der Waals surface area contributed by atoms with E-state index in [9.17, 15) is 0 Å². The fourth-order valence-corrected chi connectivity index (χ4v) is 2.46. The summed E-state index contributed by atoms with van der Waals surface area (Å²) in [5.41, 5.74) is 7.63. The van der Waals surface area contributed by atoms with Crippen molar-refractivity contribution in [2.75, 3.05) is 6.61 Å². The van der Waals surface area contributed by atoms with E-state index in [2.05, 4.69) is 61.0 Å². The number of nitrogens with two attached hydrogens (primary N) is 1. The second-order valence-corrected chi connectivity index (χ2v) is 6.65. The Bertz CT molecular complexity index is 356. The van der Waals surface area contributed by atoms with Crippen molar-refractivity contribution >= 4 is 15.9 Å². The lowest BCUT2D eigenvalue weighted by atomic mass is 9.83. The molecule has 18 heavy (non-hydrogen) atoms. The lowest BCUT2D eigenvalue weighted by Gasteiger charge is -2.35. The van der Waals surface area contributed by atoms with E-state index in [0.29, 0.717) is 6.61 Å². The standard InChI is InChI=1S/C15H24BrNO/c1-5-18-14(15(2,3)4)13(17)10-11-6-8-12(16)9-7-11/h6-9,13-14H,5,10,17H2,1-4H3. The fraction of sp³-hybridized carbons (Fsp3) is 0.600. The summed E-state index contributed by atoms with van der Waals surface area (Å²) in [6, 6.07) is 8.33. The van der Waals surface area contributed by atoms with Crippen LogP contribution in [0.25, 0.3) is 0 Å². The van der Waals surface area contributed by atoms with Crippen molar-refractivity contribution in [3.05, 3.63) is 34.3 Å². The minimum atomic E-state index is 0.0196. The van der Waals surface area contributed by atoms with Gasteiger partial charge in [-0.05, 0) is 36.5 Å². The molecular formula is C15H24BrNO. The molecular weight excluding hydrogens is 290 g/mol. The van der Waals surface area contributed by atoms with Crippen LogP contribution < -0.4 is 5.73 Å². The zero-order chi connectivity index (χ0) is 13.8. The Morgan fingerprint density at radius 2 is 1.78 bits per heavy atom. The van der Waals surface area contributed by atoms with E-state index in [0.717, 1.165) is 10.9 Å². The van der Waals surface area contributed by atoms with Crippen molar-refractivity contribution in [1.82, 2.24) is 0 Å². The zero-order valence-electron chi connectivity index (χ0n) is 11.7. The SMILES string of the molecule is CCOC(C(N)Cc1ccc(Br)cc1)C(C)(C)C. The molecule has 0 radical (unpaired) electrons. The highest BCUT2D eigenvalue weighted by Crippen LogP contribution is 2.26. The number of ether oxygens (including phenoxy) is 1. The van der Waals surface area contributed by atoms with E-state index in [1.807, 2.05) is 6.92 Å². The molecule has 0 saturated heterocycles. The lowest BCUT2D eigenvalue weighted by Crippen LogP contribution is -2.46. The van der Waals surface area contributed by atoms with Gasteiger partial charge in [0.15, 0.2) is 0 Å². The van der Waals surface area contributed by atoms with Gasteiger partial charge in [-0.2, -0.15) is 0 Å². The fourth-order valence-electron chi connectivity index (χ4n) is 2.20. The molecule has 2 N–H and O–H groups in total. The van der Waals surface area contributed by atoms with Gasteiger partial charge in [-0.15, -0.1) is 0 Å². The highest BCUT2D eigenvalue weighted by Gasteiger charge is 2.30. The van der Waals surface area contributed by atoms with Crippen molar-refractivity contribution in [3.63, 3.8) is 0 Å². The summed E-state index contributed by atoms with van der Waals surface area (Å²) in [5, 5.41) is 0. The molecule has 2 nitrogen and oxygen atoms in total. The van der Waals surface area contributed by atoms with Crippen molar-refractivity contribution in [2.45, 2.75) is 46.3 Å². The van der Waals surface area contributed by atoms with Crippen LogP contribution in [0.1, 0.15) is 33.3 Å². The van der Waals surface area contributed by atoms with Gasteiger partial charge in [-0.3, -0.25) is 0 Å². The molecule has 0 aliphatic carbocycles. The second kappa shape index (κ2) is 6.69. The molecule has 0 aliphatic rings. The summed E-state index contributed by atoms with van der Waals surface area (Å²) in [6.45, 7) is 9.25. The van der Waals surface area contributed by atoms with Gasteiger partial charge in [-0.1, -0.05) is 48.8 Å². The number of benzene rings is 1. The minimum Gasteiger partial charge on any atom is -0.376 e. The Kier molecular flexibility index (Phi) is 5.83. The van der Waals surface area contributed by atoms with Gasteiger partial charge >= 0.3 is 0 Å². The van der Waals surface area contributed by atoms with Crippen LogP contribution in [0.2, 0.25) is 0 Å². The predicted molar refractivity (Wildman–Crippen MR) is 80.7 cm³/mol. The molecule has 1 aromatic rings. The molecule has 0 bridgehead atoms. The minimum absolute atomic E-state index is 0.0196. The Labute approximate surface area is 119 Å². The molecule has 0 saturated carbocycles. The smallest absolute Gasteiger partial charge is 0.0777 e. The molecule has 0 aliphatic heterocycles. The van der Waals surface area contributed by atoms with Crippen LogP contribution in [0.15, 0.2) is 28.7 Å². The maximum atomic E-state index is 6.32. The van der Waals surface area contributed by atoms with Gasteiger partial charge in [0.2, 0.25) is 0 Å². The zero-order valence-corrected chi connectivity index (χ0v) is 13.3. The molecule has 1 aromatic carbocycles. The number of hydrogen-bond donors (Lipinski definition) is 1. The predicted octanol–water partition coefficient (Wildman–Crippen LogP) is 3.77. The van der Waals surface area contributed by atoms with Gasteiger partial charge < -0.3 is 10.5 Å². The summed E-state index contributed by atoms with van der Waals surface area (Å²) >= 11 is 3.44. The highest BCUT2D eigenvalue weighted by molar-refractivity contribution is 9.10. The molecule has 2 unspecified atom stereocenters. The summed E-state index contributed by atoms with van der Waals surface area (Å²) in [5.74, 6) is 0. The quantitative estimate of drug-likeness (QED) is 0.898. The van der Waals surface area contributed by atoms with E-state index < -0.39 is 0 Å². The van der Waals surface area contributed by atoms with Gasteiger partial charge in [0, 0.05) is 17.1 Å². The first-order valence-electron chi connectivity index (χ1n) is 6.46. The Hall–Kier alpha value is -0.380. The van der Waals surface area contributed by atoms with Crippen LogP contribution in [-0.4, -0.2) is 18.8 Å². The van der Waals surface area contributed by atoms with Crippen LogP contribution in [-0.2, 0) is 11.2 Å². The average Bonchev–Trinajstić information content (AvgIpc) is 2.27. The number of halogens is 1. The first kappa shape index (κ1) is 15.7. The van der Waals surface area contributed by atoms with Gasteiger partial charge in [0.1, 0.15) is 0 Å². The first-order chi connectivity index (χ1) is 8.34. The second-order valence-electron chi connectivity index (χ2n) is 5.74. The van der Waals surface area contributed by atoms with Gasteiger partial charge in [0.05, 0.1) is 6.10 Å². The largest absolute Gasteiger partial charge is 0.376 e. The average molecular weight is 314 g/mol. The van der Waals surface area contributed by atoms with Crippen molar-refractivity contribution in [3.8, 4) is 0 Å². The Morgan fingerprint density at radius 3 is 2.22 bits per heavy atom. The molecule has 0 aromatic heterocycles. The molecule has 3 heteroatoms. The van der Waals surface area contributed by atoms with E-state index >= 15 is 0 Å². The highest BCUT2D eigenvalue weighted by atomic mass is 79.9. The molecule has 2 atom stereocenters. The van der Waals surface area contributed by atoms with E-state index in [1.165, 1.54) is 5.56 Å². The Balaban J connectivity index is 2.72. The summed E-state index contributed by atoms with van der Waals surface area (Å²) in [6.07, 6.45) is 0.918. The van der Waals surface area contributed by atoms with Crippen molar-refractivity contribution in [1.29, 1.82) is 0 Å². The molecule has 0 spiro atoms. The molecule has 102 valence electrons. The number of hydrogen-bond acceptors (Lipinski definition) is 2. The number of rotatable bonds is 5. The third-order valence-electron chi connectivity index (χ3n) is 2.97. The third-order valence-corrected chi connectivity index (χ3v) is 3.50. The molecule has 0 amide bonds. The van der Waals surface area contributed by atoms with E-state index in [4.69, 9.17) is 10.5 Å². The summed E-state index contributed by atoms with van der Waals surface area (Å²) in [7, 11) is 0. The van der Waals surface area contributed by atoms with Gasteiger partial charge in [0.25, 0.3) is 0 Å². The summed E-state index contributed by atoms with van der Waals surface area (Å²) in [4.78, 5) is 0. The maximum Gasteiger partial charge on any atom is 0.0777 e. The van der Waals surface area contributed by atoms with Gasteiger partial charge in [-0.25, -0.2) is 0 Å². The third kappa shape index (κ3) is 4.71. The van der Waals surface area contributed by atoms with E-state index in [-0.39, 0.29) is 17.6 Å². The van der Waals surface area contributed by atoms with Crippen molar-refractivity contribution < 1.29 is 4.74 Å². The van der Waals surface area contributed by atoms with Crippen molar-refractivity contribution in [2.24, 2.45) is 11.1 Å². The maximum absolute atomic E-state index is 6.32. The topological polar surface area (TPSA) is 35.2 Å². The first-order valence-corrected chi connectivity index (χ1v) is 7.25. The van der Waals surface area contributed by atoms with Crippen LogP contribution in [0.3, 0.4) is 0 Å². The molecule has 0 fully saturated rings. The van der Waals surface area contributed by atoms with Crippen LogP contribution in [0.5, 0.6) is 0 Å². The molecule has 0 heterocycles. The van der Waals surface area contributed by atoms with Crippen LogP contribution >= 0.6 is 15.9 Å². The lowest BCUT2D eigenvalue weighted by molar-refractivity contribution is -0.0274. The summed E-state index contributed by atoms with van der Waals surface area (Å²) < 4.78 is 6.92. The Morgan fingerprint density at radius 1 is 1.22 bits per heavy atom. The molecule has 1 rings (SSSR count). The van der Waals surface area contributed by atoms with Crippen LogP contribution in [0.4, 0.5) is 0 Å².